The van der Waals surface area contributed by atoms with Crippen molar-refractivity contribution in [3.05, 3.63) is 65.2 Å². The standard InChI is InChI=1S/C12H9N3O/c16-12-7-3-4-8-14(12)15-11-6-2-1-5-10(11)9-13-15/h1-9H. The summed E-state index contributed by atoms with van der Waals surface area (Å²) >= 11 is 0. The molecule has 2 heterocycles. The highest BCUT2D eigenvalue weighted by Gasteiger charge is 2.03. The van der Waals surface area contributed by atoms with Crippen LogP contribution in [0.5, 0.6) is 0 Å². The molecule has 0 spiro atoms. The van der Waals surface area contributed by atoms with Crippen LogP contribution in [0.2, 0.25) is 0 Å². The van der Waals surface area contributed by atoms with Gasteiger partial charge in [-0.25, -0.2) is 4.68 Å². The number of nitrogens with zero attached hydrogens (tertiary/aromatic N) is 3. The number of pyridine rings is 1. The summed E-state index contributed by atoms with van der Waals surface area (Å²) in [4.78, 5) is 13.3. The summed E-state index contributed by atoms with van der Waals surface area (Å²) in [6.45, 7) is 0. The average Bonchev–Trinajstić information content (AvgIpc) is 2.74. The Kier molecular flexibility index (Phi) is 1.86. The van der Waals surface area contributed by atoms with E-state index < -0.39 is 0 Å². The first-order valence-electron chi connectivity index (χ1n) is 4.97. The second kappa shape index (κ2) is 3.34. The van der Waals surface area contributed by atoms with E-state index >= 15 is 0 Å². The Bertz CT molecular complexity index is 696. The molecule has 1 aromatic carbocycles. The topological polar surface area (TPSA) is 39.8 Å². The summed E-state index contributed by atoms with van der Waals surface area (Å²) in [6, 6.07) is 12.8. The lowest BCUT2D eigenvalue weighted by Crippen LogP contribution is -2.25. The summed E-state index contributed by atoms with van der Waals surface area (Å²) in [7, 11) is 0. The lowest BCUT2D eigenvalue weighted by molar-refractivity contribution is 0.573. The van der Waals surface area contributed by atoms with Gasteiger partial charge >= 0.3 is 0 Å². The zero-order valence-corrected chi connectivity index (χ0v) is 8.45. The van der Waals surface area contributed by atoms with Gasteiger partial charge in [-0.05, 0) is 12.1 Å². The second-order valence-corrected chi connectivity index (χ2v) is 3.48. The number of benzene rings is 1. The molecule has 0 saturated carbocycles. The summed E-state index contributed by atoms with van der Waals surface area (Å²) in [5.74, 6) is 0. The molecule has 4 heteroatoms. The van der Waals surface area contributed by atoms with Gasteiger partial charge in [-0.1, -0.05) is 24.3 Å². The van der Waals surface area contributed by atoms with Gasteiger partial charge in [0.2, 0.25) is 0 Å². The third-order valence-electron chi connectivity index (χ3n) is 2.47. The molecule has 0 aliphatic heterocycles. The van der Waals surface area contributed by atoms with Crippen LogP contribution in [-0.4, -0.2) is 14.6 Å². The smallest absolute Gasteiger partial charge is 0.267 e. The number of para-hydroxylation sites is 1. The first-order valence-corrected chi connectivity index (χ1v) is 4.97. The Balaban J connectivity index is 2.35. The molecule has 0 N–H and O–H groups in total. The summed E-state index contributed by atoms with van der Waals surface area (Å²) in [5.41, 5.74) is 0.812. The summed E-state index contributed by atoms with van der Waals surface area (Å²) < 4.78 is 1.47. The van der Waals surface area contributed by atoms with Crippen molar-refractivity contribution < 1.29 is 0 Å². The first kappa shape index (κ1) is 8.91. The maximum Gasteiger partial charge on any atom is 0.270 e. The quantitative estimate of drug-likeness (QED) is 0.612. The molecule has 3 aromatic rings. The van der Waals surface area contributed by atoms with Crippen LogP contribution in [0.3, 0.4) is 0 Å². The predicted octanol–water partition coefficient (Wildman–Crippen LogP) is 1.51. The molecule has 0 radical (unpaired) electrons. The van der Waals surface area contributed by atoms with E-state index in [0.29, 0.717) is 0 Å². The van der Waals surface area contributed by atoms with Crippen LogP contribution < -0.4 is 5.56 Å². The van der Waals surface area contributed by atoms with Crippen molar-refractivity contribution in [1.82, 2.24) is 14.6 Å². The van der Waals surface area contributed by atoms with Crippen LogP contribution in [0.1, 0.15) is 0 Å². The molecule has 0 amide bonds. The van der Waals surface area contributed by atoms with Gasteiger partial charge in [-0.15, -0.1) is 0 Å². The van der Waals surface area contributed by atoms with Crippen LogP contribution in [0.25, 0.3) is 10.9 Å². The fourth-order valence-electron chi connectivity index (χ4n) is 1.71. The van der Waals surface area contributed by atoms with E-state index in [1.54, 1.807) is 29.3 Å². The molecule has 0 fully saturated rings. The van der Waals surface area contributed by atoms with Gasteiger partial charge in [0.25, 0.3) is 5.56 Å². The minimum atomic E-state index is -0.101. The van der Waals surface area contributed by atoms with Gasteiger partial charge < -0.3 is 0 Å². The SMILES string of the molecule is O=c1ccccn1-n1ncc2ccccc21. The van der Waals surface area contributed by atoms with Crippen molar-refractivity contribution >= 4 is 10.9 Å². The minimum absolute atomic E-state index is 0.101. The summed E-state index contributed by atoms with van der Waals surface area (Å²) in [5, 5.41) is 5.22. The molecule has 4 nitrogen and oxygen atoms in total. The van der Waals surface area contributed by atoms with E-state index in [1.807, 2.05) is 24.3 Å². The maximum absolute atomic E-state index is 11.7. The molecule has 0 aliphatic rings. The lowest BCUT2D eigenvalue weighted by atomic mass is 10.3. The Morgan fingerprint density at radius 1 is 1.00 bits per heavy atom. The molecule has 78 valence electrons. The normalized spacial score (nSPS) is 10.8. The van der Waals surface area contributed by atoms with E-state index in [4.69, 9.17) is 0 Å². The molecule has 0 unspecified atom stereocenters. The van der Waals surface area contributed by atoms with E-state index in [0.717, 1.165) is 10.9 Å². The highest BCUT2D eigenvalue weighted by molar-refractivity contribution is 5.78. The molecule has 3 rings (SSSR count). The fraction of sp³-hybridized carbons (Fsp3) is 0. The molecular weight excluding hydrogens is 202 g/mol. The molecule has 0 bridgehead atoms. The molecule has 16 heavy (non-hydrogen) atoms. The van der Waals surface area contributed by atoms with E-state index in [9.17, 15) is 4.79 Å². The highest BCUT2D eigenvalue weighted by Crippen LogP contribution is 2.11. The van der Waals surface area contributed by atoms with Gasteiger partial charge in [0.1, 0.15) is 0 Å². The number of aromatic nitrogens is 3. The van der Waals surface area contributed by atoms with Crippen molar-refractivity contribution in [2.24, 2.45) is 0 Å². The molecule has 2 aromatic heterocycles. The van der Waals surface area contributed by atoms with Crippen LogP contribution >= 0.6 is 0 Å². The van der Waals surface area contributed by atoms with E-state index in [1.165, 1.54) is 10.7 Å². The first-order chi connectivity index (χ1) is 7.86. The number of hydrogen-bond acceptors (Lipinski definition) is 2. The minimum Gasteiger partial charge on any atom is -0.267 e. The Labute approximate surface area is 91.3 Å². The molecule has 0 saturated heterocycles. The average molecular weight is 211 g/mol. The predicted molar refractivity (Wildman–Crippen MR) is 61.2 cm³/mol. The van der Waals surface area contributed by atoms with Gasteiger partial charge in [0, 0.05) is 17.6 Å². The van der Waals surface area contributed by atoms with Gasteiger partial charge in [0.05, 0.1) is 11.7 Å². The van der Waals surface area contributed by atoms with Crippen molar-refractivity contribution in [3.8, 4) is 0 Å². The van der Waals surface area contributed by atoms with Crippen LogP contribution in [0.4, 0.5) is 0 Å². The van der Waals surface area contributed by atoms with Crippen LogP contribution in [-0.2, 0) is 0 Å². The summed E-state index contributed by atoms with van der Waals surface area (Å²) in [6.07, 6.45) is 3.44. The van der Waals surface area contributed by atoms with Gasteiger partial charge in [-0.3, -0.25) is 4.79 Å². The molecular formula is C12H9N3O. The van der Waals surface area contributed by atoms with Crippen LogP contribution in [0.15, 0.2) is 59.7 Å². The largest absolute Gasteiger partial charge is 0.270 e. The van der Waals surface area contributed by atoms with Gasteiger partial charge in [-0.2, -0.15) is 9.89 Å². The van der Waals surface area contributed by atoms with Crippen LogP contribution in [0, 0.1) is 0 Å². The Morgan fingerprint density at radius 2 is 1.81 bits per heavy atom. The highest BCUT2D eigenvalue weighted by atomic mass is 16.1. The maximum atomic E-state index is 11.7. The number of hydrogen-bond donors (Lipinski definition) is 0. The Morgan fingerprint density at radius 3 is 2.69 bits per heavy atom. The molecule has 0 atom stereocenters. The Hall–Kier alpha value is -2.36. The monoisotopic (exact) mass is 211 g/mol. The van der Waals surface area contributed by atoms with Crippen molar-refractivity contribution in [3.63, 3.8) is 0 Å². The lowest BCUT2D eigenvalue weighted by Gasteiger charge is -2.05. The van der Waals surface area contributed by atoms with E-state index in [2.05, 4.69) is 5.10 Å². The van der Waals surface area contributed by atoms with Crippen molar-refractivity contribution in [1.29, 1.82) is 0 Å². The van der Waals surface area contributed by atoms with Crippen molar-refractivity contribution in [2.75, 3.05) is 0 Å². The van der Waals surface area contributed by atoms with E-state index in [-0.39, 0.29) is 5.56 Å². The number of fused-ring (bicyclic) bond motifs is 1. The number of rotatable bonds is 1. The fourth-order valence-corrected chi connectivity index (χ4v) is 1.71. The molecule has 0 aliphatic carbocycles. The third-order valence-corrected chi connectivity index (χ3v) is 2.47. The van der Waals surface area contributed by atoms with Gasteiger partial charge in [0.15, 0.2) is 0 Å². The van der Waals surface area contributed by atoms with Crippen molar-refractivity contribution in [2.45, 2.75) is 0 Å². The zero-order valence-electron chi connectivity index (χ0n) is 8.45. The second-order valence-electron chi connectivity index (χ2n) is 3.48. The zero-order chi connectivity index (χ0) is 11.0. The third kappa shape index (κ3) is 1.24.